The molecule has 0 atom stereocenters. The smallest absolute Gasteiger partial charge is 0.253 e. The number of hydrogen-bond donors (Lipinski definition) is 2. The van der Waals surface area contributed by atoms with E-state index in [2.05, 4.69) is 10.4 Å². The van der Waals surface area contributed by atoms with Gasteiger partial charge in [0, 0.05) is 18.9 Å². The molecule has 0 spiro atoms. The number of rotatable bonds is 3. The van der Waals surface area contributed by atoms with E-state index in [0.717, 1.165) is 11.8 Å². The molecule has 0 aliphatic rings. The zero-order valence-electron chi connectivity index (χ0n) is 9.85. The Morgan fingerprint density at radius 2 is 2.28 bits per heavy atom. The third kappa shape index (κ3) is 2.65. The molecular weight excluding hydrogens is 235 g/mol. The van der Waals surface area contributed by atoms with Crippen LogP contribution in [0.1, 0.15) is 16.1 Å². The van der Waals surface area contributed by atoms with Gasteiger partial charge in [-0.25, -0.2) is 4.39 Å². The largest absolute Gasteiger partial charge is 0.398 e. The zero-order valence-corrected chi connectivity index (χ0v) is 9.85. The van der Waals surface area contributed by atoms with Gasteiger partial charge in [-0.2, -0.15) is 5.10 Å². The Kier molecular flexibility index (Phi) is 3.27. The summed E-state index contributed by atoms with van der Waals surface area (Å²) in [6.07, 6.45) is 1.79. The second-order valence-electron chi connectivity index (χ2n) is 3.89. The monoisotopic (exact) mass is 248 g/mol. The number of nitrogens with one attached hydrogen (secondary N) is 1. The van der Waals surface area contributed by atoms with Crippen molar-refractivity contribution < 1.29 is 9.18 Å². The molecule has 0 radical (unpaired) electrons. The highest BCUT2D eigenvalue weighted by atomic mass is 19.1. The summed E-state index contributed by atoms with van der Waals surface area (Å²) in [5, 5.41) is 6.80. The number of nitrogens with two attached hydrogens (primary N) is 1. The minimum Gasteiger partial charge on any atom is -0.398 e. The van der Waals surface area contributed by atoms with Crippen LogP contribution in [-0.4, -0.2) is 15.7 Å². The van der Waals surface area contributed by atoms with Crippen molar-refractivity contribution in [3.63, 3.8) is 0 Å². The number of halogens is 1. The van der Waals surface area contributed by atoms with Gasteiger partial charge >= 0.3 is 0 Å². The standard InChI is InChI=1S/C12H13FN4O/c1-17-5-4-9(16-17)7-15-12(18)10-3-2-8(13)6-11(10)14/h2-6H,7,14H2,1H3,(H,15,18). The molecule has 94 valence electrons. The molecule has 1 heterocycles. The number of aromatic nitrogens is 2. The third-order valence-corrected chi connectivity index (χ3v) is 2.46. The van der Waals surface area contributed by atoms with Gasteiger partial charge in [-0.1, -0.05) is 0 Å². The summed E-state index contributed by atoms with van der Waals surface area (Å²) in [6.45, 7) is 0.302. The number of anilines is 1. The fourth-order valence-corrected chi connectivity index (χ4v) is 1.56. The second-order valence-corrected chi connectivity index (χ2v) is 3.89. The maximum Gasteiger partial charge on any atom is 0.253 e. The number of aryl methyl sites for hydroxylation is 1. The summed E-state index contributed by atoms with van der Waals surface area (Å²) in [6, 6.07) is 5.48. The highest BCUT2D eigenvalue weighted by Crippen LogP contribution is 2.13. The average Bonchev–Trinajstić information content (AvgIpc) is 2.72. The topological polar surface area (TPSA) is 72.9 Å². The highest BCUT2D eigenvalue weighted by molar-refractivity contribution is 5.99. The van der Waals surface area contributed by atoms with Crippen molar-refractivity contribution in [3.05, 3.63) is 47.5 Å². The molecule has 6 heteroatoms. The number of benzene rings is 1. The van der Waals surface area contributed by atoms with Gasteiger partial charge in [0.05, 0.1) is 17.8 Å². The lowest BCUT2D eigenvalue weighted by atomic mass is 10.1. The van der Waals surface area contributed by atoms with Crippen LogP contribution in [0.3, 0.4) is 0 Å². The van der Waals surface area contributed by atoms with Crippen molar-refractivity contribution in [3.8, 4) is 0 Å². The molecule has 0 unspecified atom stereocenters. The molecule has 0 saturated heterocycles. The third-order valence-electron chi connectivity index (χ3n) is 2.46. The van der Waals surface area contributed by atoms with Crippen LogP contribution in [0, 0.1) is 5.82 Å². The normalized spacial score (nSPS) is 10.3. The molecule has 1 amide bonds. The van der Waals surface area contributed by atoms with Gasteiger partial charge in [0.25, 0.3) is 5.91 Å². The van der Waals surface area contributed by atoms with E-state index in [9.17, 15) is 9.18 Å². The Bertz CT molecular complexity index is 579. The van der Waals surface area contributed by atoms with Crippen LogP contribution < -0.4 is 11.1 Å². The maximum absolute atomic E-state index is 12.8. The van der Waals surface area contributed by atoms with E-state index in [1.807, 2.05) is 0 Å². The molecule has 0 saturated carbocycles. The van der Waals surface area contributed by atoms with E-state index < -0.39 is 5.82 Å². The first-order valence-electron chi connectivity index (χ1n) is 5.38. The van der Waals surface area contributed by atoms with E-state index in [0.29, 0.717) is 6.54 Å². The van der Waals surface area contributed by atoms with E-state index in [1.165, 1.54) is 12.1 Å². The van der Waals surface area contributed by atoms with Crippen LogP contribution in [0.4, 0.5) is 10.1 Å². The molecule has 0 fully saturated rings. The fraction of sp³-hybridized carbons (Fsp3) is 0.167. The molecule has 0 aliphatic carbocycles. The predicted octanol–water partition coefficient (Wildman–Crippen LogP) is 1.07. The summed E-state index contributed by atoms with van der Waals surface area (Å²) in [5.74, 6) is -0.813. The highest BCUT2D eigenvalue weighted by Gasteiger charge is 2.10. The number of hydrogen-bond acceptors (Lipinski definition) is 3. The molecular formula is C12H13FN4O. The van der Waals surface area contributed by atoms with Crippen LogP contribution in [0.15, 0.2) is 30.5 Å². The van der Waals surface area contributed by atoms with E-state index in [1.54, 1.807) is 24.0 Å². The quantitative estimate of drug-likeness (QED) is 0.798. The van der Waals surface area contributed by atoms with Gasteiger partial charge in [0.2, 0.25) is 0 Å². The minimum atomic E-state index is -0.464. The van der Waals surface area contributed by atoms with Crippen LogP contribution in [0.5, 0.6) is 0 Å². The summed E-state index contributed by atoms with van der Waals surface area (Å²) in [5.41, 5.74) is 6.69. The first-order chi connectivity index (χ1) is 8.56. The van der Waals surface area contributed by atoms with Gasteiger partial charge in [-0.15, -0.1) is 0 Å². The van der Waals surface area contributed by atoms with Crippen molar-refractivity contribution in [2.45, 2.75) is 6.54 Å². The molecule has 0 bridgehead atoms. The van der Waals surface area contributed by atoms with Crippen molar-refractivity contribution in [1.82, 2.24) is 15.1 Å². The molecule has 2 aromatic rings. The van der Waals surface area contributed by atoms with Gasteiger partial charge in [0.15, 0.2) is 0 Å². The van der Waals surface area contributed by atoms with Gasteiger partial charge in [0.1, 0.15) is 5.82 Å². The molecule has 18 heavy (non-hydrogen) atoms. The van der Waals surface area contributed by atoms with Crippen LogP contribution in [0.2, 0.25) is 0 Å². The Morgan fingerprint density at radius 3 is 2.89 bits per heavy atom. The van der Waals surface area contributed by atoms with Crippen molar-refractivity contribution in [2.75, 3.05) is 5.73 Å². The van der Waals surface area contributed by atoms with E-state index >= 15 is 0 Å². The number of amides is 1. The predicted molar refractivity (Wildman–Crippen MR) is 65.2 cm³/mol. The van der Waals surface area contributed by atoms with Crippen LogP contribution in [0.25, 0.3) is 0 Å². The Morgan fingerprint density at radius 1 is 1.50 bits per heavy atom. The van der Waals surface area contributed by atoms with Crippen LogP contribution in [-0.2, 0) is 13.6 Å². The molecule has 3 N–H and O–H groups in total. The minimum absolute atomic E-state index is 0.119. The molecule has 1 aromatic carbocycles. The van der Waals surface area contributed by atoms with Gasteiger partial charge in [-0.3, -0.25) is 9.48 Å². The Hall–Kier alpha value is -2.37. The lowest BCUT2D eigenvalue weighted by Gasteiger charge is -2.06. The number of nitrogens with zero attached hydrogens (tertiary/aromatic N) is 2. The summed E-state index contributed by atoms with van der Waals surface area (Å²) >= 11 is 0. The average molecular weight is 248 g/mol. The van der Waals surface area contributed by atoms with Crippen molar-refractivity contribution in [1.29, 1.82) is 0 Å². The van der Waals surface area contributed by atoms with Gasteiger partial charge < -0.3 is 11.1 Å². The lowest BCUT2D eigenvalue weighted by Crippen LogP contribution is -2.24. The second kappa shape index (κ2) is 4.87. The fourth-order valence-electron chi connectivity index (χ4n) is 1.56. The Labute approximate surface area is 103 Å². The van der Waals surface area contributed by atoms with E-state index in [4.69, 9.17) is 5.73 Å². The number of carbonyl (C=O) groups is 1. The number of carbonyl (C=O) groups excluding carboxylic acids is 1. The van der Waals surface area contributed by atoms with Gasteiger partial charge in [-0.05, 0) is 24.3 Å². The Balaban J connectivity index is 2.03. The summed E-state index contributed by atoms with van der Waals surface area (Å²) in [7, 11) is 1.79. The molecule has 0 aliphatic heterocycles. The molecule has 5 nitrogen and oxygen atoms in total. The summed E-state index contributed by atoms with van der Waals surface area (Å²) < 4.78 is 14.5. The first kappa shape index (κ1) is 12.1. The molecule has 1 aromatic heterocycles. The zero-order chi connectivity index (χ0) is 13.1. The first-order valence-corrected chi connectivity index (χ1v) is 5.38. The SMILES string of the molecule is Cn1ccc(CNC(=O)c2ccc(F)cc2N)n1. The maximum atomic E-state index is 12.8. The van der Waals surface area contributed by atoms with Crippen LogP contribution >= 0.6 is 0 Å². The number of nitrogen functional groups attached to an aromatic ring is 1. The lowest BCUT2D eigenvalue weighted by molar-refractivity contribution is 0.0951. The van der Waals surface area contributed by atoms with Crippen molar-refractivity contribution in [2.24, 2.45) is 7.05 Å². The molecule has 2 rings (SSSR count). The van der Waals surface area contributed by atoms with E-state index in [-0.39, 0.29) is 17.2 Å². The van der Waals surface area contributed by atoms with Crippen molar-refractivity contribution >= 4 is 11.6 Å². The summed E-state index contributed by atoms with van der Waals surface area (Å²) in [4.78, 5) is 11.8.